The summed E-state index contributed by atoms with van der Waals surface area (Å²) in [5, 5.41) is 10.6. The van der Waals surface area contributed by atoms with Crippen molar-refractivity contribution in [2.45, 2.75) is 56.3 Å². The van der Waals surface area contributed by atoms with Crippen molar-refractivity contribution in [2.24, 2.45) is 5.92 Å². The van der Waals surface area contributed by atoms with Crippen LogP contribution in [0.3, 0.4) is 0 Å². The number of sulfonamides is 1. The van der Waals surface area contributed by atoms with E-state index >= 15 is 0 Å². The molecule has 4 rings (SSSR count). The molecule has 2 aliphatic rings. The molecule has 7 nitrogen and oxygen atoms in total. The van der Waals surface area contributed by atoms with E-state index in [9.17, 15) is 18.3 Å². The summed E-state index contributed by atoms with van der Waals surface area (Å²) in [7, 11) is -3.63. The van der Waals surface area contributed by atoms with Gasteiger partial charge in [-0.25, -0.2) is 8.42 Å². The molecular weight excluding hydrogens is 488 g/mol. The lowest BCUT2D eigenvalue weighted by atomic mass is 10.1. The molecule has 1 unspecified atom stereocenters. The number of aliphatic hydroxyl groups excluding tert-OH is 1. The molecule has 202 valence electrons. The van der Waals surface area contributed by atoms with Crippen molar-refractivity contribution in [2.75, 3.05) is 39.4 Å². The highest BCUT2D eigenvalue weighted by Crippen LogP contribution is 2.28. The lowest BCUT2D eigenvalue weighted by Gasteiger charge is -2.33. The number of hydrogen-bond donors (Lipinski definition) is 1. The van der Waals surface area contributed by atoms with Crippen LogP contribution < -0.4 is 0 Å². The van der Waals surface area contributed by atoms with Crippen molar-refractivity contribution in [3.63, 3.8) is 0 Å². The lowest BCUT2D eigenvalue weighted by molar-refractivity contribution is 0.0579. The zero-order valence-electron chi connectivity index (χ0n) is 21.6. The second-order valence-corrected chi connectivity index (χ2v) is 12.6. The van der Waals surface area contributed by atoms with E-state index in [-0.39, 0.29) is 25.6 Å². The first kappa shape index (κ1) is 27.8. The van der Waals surface area contributed by atoms with Gasteiger partial charge in [0.15, 0.2) is 0 Å². The topological polar surface area (TPSA) is 87.2 Å². The van der Waals surface area contributed by atoms with Gasteiger partial charge in [-0.3, -0.25) is 4.79 Å². The predicted octanol–water partition coefficient (Wildman–Crippen LogP) is 3.73. The molecule has 1 saturated carbocycles. The molecule has 0 aromatic heterocycles. The summed E-state index contributed by atoms with van der Waals surface area (Å²) in [5.74, 6) is 0.146. The van der Waals surface area contributed by atoms with Crippen LogP contribution in [-0.4, -0.2) is 79.4 Å². The molecule has 0 spiro atoms. The minimum atomic E-state index is -3.63. The first-order valence-electron chi connectivity index (χ1n) is 13.6. The molecule has 1 amide bonds. The van der Waals surface area contributed by atoms with E-state index in [1.807, 2.05) is 48.5 Å². The van der Waals surface area contributed by atoms with Crippen molar-refractivity contribution in [3.8, 4) is 0 Å². The summed E-state index contributed by atoms with van der Waals surface area (Å²) in [6, 6.07) is 19.0. The summed E-state index contributed by atoms with van der Waals surface area (Å²) in [5.41, 5.74) is 1.66. The van der Waals surface area contributed by atoms with E-state index in [0.717, 1.165) is 37.7 Å². The standard InChI is InChI=1S/C29H40N2O5S/c32-27(22-31(20-25-12-7-8-13-25)37(34,35)28-16-9-19-36-23-28)21-30(18-17-24-10-3-1-4-11-24)29(33)26-14-5-2-6-15-26/h1-6,10-11,14-15,25,27-28,32H,7-9,12-13,16-23H2/t27-,28?/m0/s1. The van der Waals surface area contributed by atoms with Crippen LogP contribution in [-0.2, 0) is 21.2 Å². The minimum Gasteiger partial charge on any atom is -0.390 e. The van der Waals surface area contributed by atoms with E-state index in [1.165, 1.54) is 4.31 Å². The molecule has 2 atom stereocenters. The molecule has 1 saturated heterocycles. The number of rotatable bonds is 12. The smallest absolute Gasteiger partial charge is 0.253 e. The van der Waals surface area contributed by atoms with Gasteiger partial charge in [0.25, 0.3) is 5.91 Å². The van der Waals surface area contributed by atoms with E-state index in [1.54, 1.807) is 17.0 Å². The fourth-order valence-corrected chi connectivity index (χ4v) is 7.37. The van der Waals surface area contributed by atoms with Gasteiger partial charge < -0.3 is 14.7 Å². The van der Waals surface area contributed by atoms with Gasteiger partial charge in [0, 0.05) is 38.3 Å². The average molecular weight is 529 g/mol. The number of nitrogens with zero attached hydrogens (tertiary/aromatic N) is 2. The summed E-state index contributed by atoms with van der Waals surface area (Å²) >= 11 is 0. The molecule has 1 N–H and O–H groups in total. The van der Waals surface area contributed by atoms with Crippen molar-refractivity contribution >= 4 is 15.9 Å². The van der Waals surface area contributed by atoms with Crippen LogP contribution in [0.4, 0.5) is 0 Å². The maximum Gasteiger partial charge on any atom is 0.253 e. The Morgan fingerprint density at radius 1 is 0.946 bits per heavy atom. The zero-order chi connectivity index (χ0) is 26.1. The van der Waals surface area contributed by atoms with Gasteiger partial charge in [0.2, 0.25) is 10.0 Å². The summed E-state index contributed by atoms with van der Waals surface area (Å²) < 4.78 is 34.2. The van der Waals surface area contributed by atoms with Crippen LogP contribution in [0.25, 0.3) is 0 Å². The van der Waals surface area contributed by atoms with Crippen LogP contribution >= 0.6 is 0 Å². The number of ether oxygens (including phenoxy) is 1. The quantitative estimate of drug-likeness (QED) is 0.454. The van der Waals surface area contributed by atoms with Crippen LogP contribution in [0.2, 0.25) is 0 Å². The molecule has 1 heterocycles. The van der Waals surface area contributed by atoms with E-state index in [4.69, 9.17) is 4.74 Å². The monoisotopic (exact) mass is 528 g/mol. The number of aliphatic hydroxyl groups is 1. The number of amides is 1. The third kappa shape index (κ3) is 7.87. The first-order valence-corrected chi connectivity index (χ1v) is 15.1. The first-order chi connectivity index (χ1) is 17.9. The molecular formula is C29H40N2O5S. The third-order valence-corrected chi connectivity index (χ3v) is 9.74. The van der Waals surface area contributed by atoms with E-state index in [0.29, 0.717) is 44.0 Å². The Morgan fingerprint density at radius 2 is 1.62 bits per heavy atom. The normalized spacial score (nSPS) is 19.7. The van der Waals surface area contributed by atoms with Gasteiger partial charge in [-0.1, -0.05) is 61.4 Å². The SMILES string of the molecule is O=C(c1ccccc1)N(CCc1ccccc1)C[C@H](O)CN(CC1CCCC1)S(=O)(=O)C1CCCOC1. The number of carbonyl (C=O) groups excluding carboxylic acids is 1. The third-order valence-electron chi connectivity index (χ3n) is 7.50. The van der Waals surface area contributed by atoms with E-state index in [2.05, 4.69) is 0 Å². The Bertz CT molecular complexity index is 1070. The Kier molecular flexibility index (Phi) is 10.1. The molecule has 1 aliphatic carbocycles. The van der Waals surface area contributed by atoms with Crippen LogP contribution in [0.1, 0.15) is 54.4 Å². The molecule has 8 heteroatoms. The number of hydrogen-bond acceptors (Lipinski definition) is 5. The minimum absolute atomic E-state index is 0.0146. The highest BCUT2D eigenvalue weighted by molar-refractivity contribution is 7.89. The van der Waals surface area contributed by atoms with Crippen LogP contribution in [0, 0.1) is 5.92 Å². The maximum atomic E-state index is 13.6. The molecule has 2 aromatic carbocycles. The molecule has 0 bridgehead atoms. The molecule has 2 fully saturated rings. The molecule has 37 heavy (non-hydrogen) atoms. The Labute approximate surface area is 221 Å². The maximum absolute atomic E-state index is 13.6. The van der Waals surface area contributed by atoms with Crippen molar-refractivity contribution in [3.05, 3.63) is 71.8 Å². The summed E-state index contributed by atoms with van der Waals surface area (Å²) in [6.07, 6.45) is 5.22. The van der Waals surface area contributed by atoms with Crippen molar-refractivity contribution in [1.82, 2.24) is 9.21 Å². The van der Waals surface area contributed by atoms with Crippen LogP contribution in [0.5, 0.6) is 0 Å². The summed E-state index contributed by atoms with van der Waals surface area (Å²) in [6.45, 7) is 1.70. The predicted molar refractivity (Wildman–Crippen MR) is 145 cm³/mol. The van der Waals surface area contributed by atoms with Gasteiger partial charge in [-0.05, 0) is 55.7 Å². The Morgan fingerprint density at radius 3 is 2.27 bits per heavy atom. The van der Waals surface area contributed by atoms with E-state index < -0.39 is 21.4 Å². The van der Waals surface area contributed by atoms with Crippen molar-refractivity contribution in [1.29, 1.82) is 0 Å². The Hall–Kier alpha value is -2.26. The fraction of sp³-hybridized carbons (Fsp3) is 0.552. The second-order valence-electron chi connectivity index (χ2n) is 10.4. The van der Waals surface area contributed by atoms with Gasteiger partial charge in [-0.2, -0.15) is 4.31 Å². The largest absolute Gasteiger partial charge is 0.390 e. The molecule has 2 aromatic rings. The highest BCUT2D eigenvalue weighted by atomic mass is 32.2. The molecule has 1 aliphatic heterocycles. The van der Waals surface area contributed by atoms with Crippen molar-refractivity contribution < 1.29 is 23.1 Å². The van der Waals surface area contributed by atoms with Gasteiger partial charge in [0.1, 0.15) is 0 Å². The summed E-state index contributed by atoms with van der Waals surface area (Å²) in [4.78, 5) is 15.0. The second kappa shape index (κ2) is 13.5. The van der Waals surface area contributed by atoms with Gasteiger partial charge >= 0.3 is 0 Å². The Balaban J connectivity index is 1.48. The fourth-order valence-electron chi connectivity index (χ4n) is 5.42. The lowest BCUT2D eigenvalue weighted by Crippen LogP contribution is -2.49. The highest BCUT2D eigenvalue weighted by Gasteiger charge is 2.36. The van der Waals surface area contributed by atoms with Crippen LogP contribution in [0.15, 0.2) is 60.7 Å². The van der Waals surface area contributed by atoms with Gasteiger partial charge in [0.05, 0.1) is 18.0 Å². The molecule has 0 radical (unpaired) electrons. The zero-order valence-corrected chi connectivity index (χ0v) is 22.4. The number of carbonyl (C=O) groups is 1. The van der Waals surface area contributed by atoms with Gasteiger partial charge in [-0.15, -0.1) is 0 Å². The number of benzene rings is 2. The average Bonchev–Trinajstić information content (AvgIpc) is 3.45.